The Kier molecular flexibility index (Phi) is 2.40. The van der Waals surface area contributed by atoms with Crippen LogP contribution in [-0.4, -0.2) is 5.78 Å². The molecule has 0 radical (unpaired) electrons. The van der Waals surface area contributed by atoms with Crippen molar-refractivity contribution < 1.29 is 13.9 Å². The van der Waals surface area contributed by atoms with Crippen LogP contribution in [0.15, 0.2) is 36.4 Å². The minimum Gasteiger partial charge on any atom is -0.456 e. The van der Waals surface area contributed by atoms with Crippen LogP contribution in [0.1, 0.15) is 21.5 Å². The molecular formula is C15H11FO2. The van der Waals surface area contributed by atoms with Crippen LogP contribution in [-0.2, 0) is 6.42 Å². The molecule has 3 heteroatoms. The van der Waals surface area contributed by atoms with Crippen LogP contribution in [0, 0.1) is 12.7 Å². The molecule has 1 heterocycles. The van der Waals surface area contributed by atoms with E-state index in [-0.39, 0.29) is 12.2 Å². The van der Waals surface area contributed by atoms with E-state index in [1.807, 2.05) is 25.1 Å². The zero-order valence-corrected chi connectivity index (χ0v) is 9.87. The standard InChI is InChI=1S/C15H11FO2/c1-9-2-4-14-10(6-9)7-13(17)12-8-11(16)3-5-15(12)18-14/h2-6,8H,7H2,1H3. The van der Waals surface area contributed by atoms with E-state index in [1.165, 1.54) is 18.2 Å². The highest BCUT2D eigenvalue weighted by Crippen LogP contribution is 2.34. The molecular weight excluding hydrogens is 231 g/mol. The van der Waals surface area contributed by atoms with Crippen molar-refractivity contribution in [3.05, 3.63) is 58.9 Å². The third-order valence-corrected chi connectivity index (χ3v) is 3.03. The van der Waals surface area contributed by atoms with E-state index in [2.05, 4.69) is 0 Å². The Morgan fingerprint density at radius 1 is 1.11 bits per heavy atom. The van der Waals surface area contributed by atoms with Gasteiger partial charge in [0.15, 0.2) is 5.78 Å². The van der Waals surface area contributed by atoms with Crippen LogP contribution < -0.4 is 4.74 Å². The van der Waals surface area contributed by atoms with Gasteiger partial charge in [0.05, 0.1) is 5.56 Å². The van der Waals surface area contributed by atoms with Crippen molar-refractivity contribution in [3.8, 4) is 11.5 Å². The average molecular weight is 242 g/mol. The fourth-order valence-electron chi connectivity index (χ4n) is 2.14. The van der Waals surface area contributed by atoms with Gasteiger partial charge in [-0.2, -0.15) is 0 Å². The molecule has 2 aromatic rings. The normalized spacial score (nSPS) is 13.3. The summed E-state index contributed by atoms with van der Waals surface area (Å²) in [6, 6.07) is 9.73. The van der Waals surface area contributed by atoms with Crippen LogP contribution in [0.4, 0.5) is 4.39 Å². The molecule has 1 aliphatic heterocycles. The molecule has 0 aromatic heterocycles. The van der Waals surface area contributed by atoms with Gasteiger partial charge in [0, 0.05) is 12.0 Å². The fourth-order valence-corrected chi connectivity index (χ4v) is 2.14. The van der Waals surface area contributed by atoms with Crippen LogP contribution in [0.5, 0.6) is 11.5 Å². The Hall–Kier alpha value is -2.16. The van der Waals surface area contributed by atoms with Crippen molar-refractivity contribution in [2.24, 2.45) is 0 Å². The lowest BCUT2D eigenvalue weighted by Gasteiger charge is -2.08. The molecule has 0 amide bonds. The summed E-state index contributed by atoms with van der Waals surface area (Å²) in [7, 11) is 0. The molecule has 3 rings (SSSR count). The first-order valence-corrected chi connectivity index (χ1v) is 5.73. The number of fused-ring (bicyclic) bond motifs is 2. The Morgan fingerprint density at radius 3 is 2.72 bits per heavy atom. The van der Waals surface area contributed by atoms with Crippen molar-refractivity contribution in [1.82, 2.24) is 0 Å². The molecule has 2 aromatic carbocycles. The van der Waals surface area contributed by atoms with Gasteiger partial charge >= 0.3 is 0 Å². The number of carbonyl (C=O) groups is 1. The number of hydrogen-bond acceptors (Lipinski definition) is 2. The van der Waals surface area contributed by atoms with Gasteiger partial charge < -0.3 is 4.74 Å². The second-order valence-corrected chi connectivity index (χ2v) is 4.45. The molecule has 90 valence electrons. The van der Waals surface area contributed by atoms with Gasteiger partial charge in [-0.05, 0) is 31.2 Å². The van der Waals surface area contributed by atoms with Gasteiger partial charge in [-0.3, -0.25) is 4.79 Å². The quantitative estimate of drug-likeness (QED) is 0.704. The number of hydrogen-bond donors (Lipinski definition) is 0. The van der Waals surface area contributed by atoms with Gasteiger partial charge in [0.25, 0.3) is 0 Å². The highest BCUT2D eigenvalue weighted by atomic mass is 19.1. The molecule has 1 aliphatic rings. The van der Waals surface area contributed by atoms with E-state index in [1.54, 1.807) is 0 Å². The van der Waals surface area contributed by atoms with Crippen LogP contribution >= 0.6 is 0 Å². The highest BCUT2D eigenvalue weighted by molar-refractivity contribution is 6.01. The Labute approximate surface area is 104 Å². The molecule has 0 N–H and O–H groups in total. The Morgan fingerprint density at radius 2 is 1.89 bits per heavy atom. The summed E-state index contributed by atoms with van der Waals surface area (Å²) in [4.78, 5) is 12.1. The number of carbonyl (C=O) groups excluding carboxylic acids is 1. The average Bonchev–Trinajstić information content (AvgIpc) is 2.46. The van der Waals surface area contributed by atoms with E-state index in [9.17, 15) is 9.18 Å². The summed E-state index contributed by atoms with van der Waals surface area (Å²) < 4.78 is 18.9. The number of ether oxygens (including phenoxy) is 1. The van der Waals surface area contributed by atoms with Gasteiger partial charge in [0.2, 0.25) is 0 Å². The number of ketones is 1. The first-order valence-electron chi connectivity index (χ1n) is 5.73. The molecule has 0 unspecified atom stereocenters. The SMILES string of the molecule is Cc1ccc2c(c1)CC(=O)c1cc(F)ccc1O2. The predicted molar refractivity (Wildman–Crippen MR) is 65.7 cm³/mol. The lowest BCUT2D eigenvalue weighted by molar-refractivity contribution is 0.0993. The minimum atomic E-state index is -0.423. The van der Waals surface area contributed by atoms with Crippen molar-refractivity contribution >= 4 is 5.78 Å². The lowest BCUT2D eigenvalue weighted by Crippen LogP contribution is -2.02. The zero-order valence-electron chi connectivity index (χ0n) is 9.87. The van der Waals surface area contributed by atoms with Gasteiger partial charge in [-0.1, -0.05) is 17.7 Å². The smallest absolute Gasteiger partial charge is 0.171 e. The molecule has 18 heavy (non-hydrogen) atoms. The Balaban J connectivity index is 2.16. The largest absolute Gasteiger partial charge is 0.456 e. The number of aryl methyl sites for hydroxylation is 1. The summed E-state index contributed by atoms with van der Waals surface area (Å²) in [6.07, 6.45) is 0.244. The van der Waals surface area contributed by atoms with Crippen molar-refractivity contribution in [1.29, 1.82) is 0 Å². The molecule has 2 nitrogen and oxygen atoms in total. The van der Waals surface area contributed by atoms with E-state index in [0.717, 1.165) is 11.1 Å². The van der Waals surface area contributed by atoms with Gasteiger partial charge in [0.1, 0.15) is 17.3 Å². The number of halogens is 1. The van der Waals surface area contributed by atoms with Gasteiger partial charge in [-0.15, -0.1) is 0 Å². The van der Waals surface area contributed by atoms with E-state index in [0.29, 0.717) is 17.1 Å². The molecule has 0 saturated carbocycles. The molecule has 0 atom stereocenters. The topological polar surface area (TPSA) is 26.3 Å². The number of Topliss-reactive ketones (excluding diaryl/α,β-unsaturated/α-hetero) is 1. The van der Waals surface area contributed by atoms with E-state index < -0.39 is 5.82 Å². The summed E-state index contributed by atoms with van der Waals surface area (Å²) in [5.41, 5.74) is 2.22. The second kappa shape index (κ2) is 3.95. The first-order chi connectivity index (χ1) is 8.63. The maximum absolute atomic E-state index is 13.2. The lowest BCUT2D eigenvalue weighted by atomic mass is 10.0. The molecule has 0 saturated heterocycles. The predicted octanol–water partition coefficient (Wildman–Crippen LogP) is 3.67. The molecule has 0 bridgehead atoms. The Bertz CT molecular complexity index is 647. The third-order valence-electron chi connectivity index (χ3n) is 3.03. The van der Waals surface area contributed by atoms with Crippen molar-refractivity contribution in [3.63, 3.8) is 0 Å². The van der Waals surface area contributed by atoms with E-state index >= 15 is 0 Å². The summed E-state index contributed by atoms with van der Waals surface area (Å²) in [6.45, 7) is 1.96. The van der Waals surface area contributed by atoms with Crippen molar-refractivity contribution in [2.45, 2.75) is 13.3 Å². The monoisotopic (exact) mass is 242 g/mol. The minimum absolute atomic E-state index is 0.117. The van der Waals surface area contributed by atoms with E-state index in [4.69, 9.17) is 4.74 Å². The summed E-state index contributed by atoms with van der Waals surface area (Å²) in [5.74, 6) is 0.546. The number of rotatable bonds is 0. The summed E-state index contributed by atoms with van der Waals surface area (Å²) in [5, 5.41) is 0. The molecule has 0 fully saturated rings. The van der Waals surface area contributed by atoms with Crippen molar-refractivity contribution in [2.75, 3.05) is 0 Å². The fraction of sp³-hybridized carbons (Fsp3) is 0.133. The van der Waals surface area contributed by atoms with Crippen LogP contribution in [0.3, 0.4) is 0 Å². The maximum atomic E-state index is 13.2. The first kappa shape index (κ1) is 11.0. The second-order valence-electron chi connectivity index (χ2n) is 4.45. The highest BCUT2D eigenvalue weighted by Gasteiger charge is 2.21. The molecule has 0 aliphatic carbocycles. The maximum Gasteiger partial charge on any atom is 0.171 e. The van der Waals surface area contributed by atoms with Crippen LogP contribution in [0.2, 0.25) is 0 Å². The van der Waals surface area contributed by atoms with Crippen LogP contribution in [0.25, 0.3) is 0 Å². The zero-order chi connectivity index (χ0) is 12.7. The van der Waals surface area contributed by atoms with Gasteiger partial charge in [-0.25, -0.2) is 4.39 Å². The molecule has 0 spiro atoms. The third kappa shape index (κ3) is 1.78. The number of benzene rings is 2. The summed E-state index contributed by atoms with van der Waals surface area (Å²) >= 11 is 0.